The van der Waals surface area contributed by atoms with E-state index in [-0.39, 0.29) is 16.4 Å². The lowest BCUT2D eigenvalue weighted by atomic mass is 9.87. The van der Waals surface area contributed by atoms with Crippen LogP contribution in [-0.4, -0.2) is 30.6 Å². The number of halogens is 1. The van der Waals surface area contributed by atoms with Gasteiger partial charge in [0.2, 0.25) is 0 Å². The molecule has 0 saturated carbocycles. The first-order valence-electron chi connectivity index (χ1n) is 11.2. The van der Waals surface area contributed by atoms with Crippen molar-refractivity contribution in [1.82, 2.24) is 14.9 Å². The molecule has 1 aromatic carbocycles. The van der Waals surface area contributed by atoms with Crippen molar-refractivity contribution in [1.29, 1.82) is 0 Å². The number of aromatic nitrogens is 2. The van der Waals surface area contributed by atoms with Gasteiger partial charge in [-0.05, 0) is 72.7 Å². The smallest absolute Gasteiger partial charge is 0.263 e. The minimum atomic E-state index is -3.80. The van der Waals surface area contributed by atoms with Crippen LogP contribution in [0.3, 0.4) is 0 Å². The van der Waals surface area contributed by atoms with Crippen molar-refractivity contribution in [2.24, 2.45) is 5.92 Å². The lowest BCUT2D eigenvalue weighted by Crippen LogP contribution is -2.23. The number of pyridine rings is 1. The molecule has 0 spiro atoms. The van der Waals surface area contributed by atoms with E-state index in [4.69, 9.17) is 16.7 Å². The molecule has 0 saturated heterocycles. The van der Waals surface area contributed by atoms with Crippen LogP contribution in [0, 0.1) is 5.92 Å². The Morgan fingerprint density at radius 2 is 1.82 bits per heavy atom. The van der Waals surface area contributed by atoms with Gasteiger partial charge in [-0.2, -0.15) is 5.10 Å². The summed E-state index contributed by atoms with van der Waals surface area (Å²) in [7, 11) is -3.80. The van der Waals surface area contributed by atoms with Crippen LogP contribution in [0.25, 0.3) is 11.1 Å². The molecule has 2 unspecified atom stereocenters. The zero-order chi connectivity index (χ0) is 24.0. The van der Waals surface area contributed by atoms with Gasteiger partial charge in [-0.1, -0.05) is 57.5 Å². The van der Waals surface area contributed by atoms with Crippen LogP contribution in [0.15, 0.2) is 53.4 Å². The zero-order valence-electron chi connectivity index (χ0n) is 19.7. The number of allylic oxidation sites excluding steroid dienone is 1. The molecular formula is C25H31ClN4O2S. The first-order valence-corrected chi connectivity index (χ1v) is 13.1. The van der Waals surface area contributed by atoms with Gasteiger partial charge >= 0.3 is 0 Å². The number of fused-ring (bicyclic) bond motifs is 1. The maximum absolute atomic E-state index is 13.1. The van der Waals surface area contributed by atoms with Gasteiger partial charge in [0.1, 0.15) is 5.82 Å². The Kier molecular flexibility index (Phi) is 6.33. The lowest BCUT2D eigenvalue weighted by Gasteiger charge is -2.19. The summed E-state index contributed by atoms with van der Waals surface area (Å²) in [5.41, 5.74) is 3.62. The molecule has 0 bridgehead atoms. The fourth-order valence-corrected chi connectivity index (χ4v) is 5.35. The highest BCUT2D eigenvalue weighted by molar-refractivity contribution is 7.92. The van der Waals surface area contributed by atoms with E-state index >= 15 is 0 Å². The molecule has 1 aliphatic heterocycles. The van der Waals surface area contributed by atoms with Gasteiger partial charge in [0.05, 0.1) is 21.1 Å². The first kappa shape index (κ1) is 23.8. The Hall–Kier alpha value is -2.35. The molecule has 6 nitrogen and oxygen atoms in total. The largest absolute Gasteiger partial charge is 0.311 e. The second-order valence-corrected chi connectivity index (χ2v) is 11.9. The minimum absolute atomic E-state index is 0.0552. The third-order valence-electron chi connectivity index (χ3n) is 6.14. The van der Waals surface area contributed by atoms with E-state index in [1.54, 1.807) is 28.8 Å². The van der Waals surface area contributed by atoms with E-state index in [0.717, 1.165) is 29.8 Å². The van der Waals surface area contributed by atoms with Gasteiger partial charge in [0, 0.05) is 6.04 Å². The molecule has 0 aliphatic carbocycles. The van der Waals surface area contributed by atoms with Crippen molar-refractivity contribution in [3.8, 4) is 0 Å². The fraction of sp³-hybridized carbons (Fsp3) is 0.400. The van der Waals surface area contributed by atoms with Crippen LogP contribution in [0.2, 0.25) is 5.02 Å². The molecule has 2 N–H and O–H groups in total. The Bertz CT molecular complexity index is 1300. The highest BCUT2D eigenvalue weighted by Gasteiger charge is 2.22. The summed E-state index contributed by atoms with van der Waals surface area (Å²) in [6, 6.07) is 12.5. The Morgan fingerprint density at radius 1 is 1.12 bits per heavy atom. The maximum atomic E-state index is 13.1. The van der Waals surface area contributed by atoms with Crippen molar-refractivity contribution in [2.45, 2.75) is 57.4 Å². The summed E-state index contributed by atoms with van der Waals surface area (Å²) in [5.74, 6) is 0.668. The van der Waals surface area contributed by atoms with Gasteiger partial charge in [0.25, 0.3) is 10.0 Å². The van der Waals surface area contributed by atoms with Gasteiger partial charge in [0.15, 0.2) is 0 Å². The van der Waals surface area contributed by atoms with Crippen molar-refractivity contribution in [2.75, 3.05) is 11.3 Å². The van der Waals surface area contributed by atoms with Crippen molar-refractivity contribution >= 4 is 38.5 Å². The average Bonchev–Trinajstić information content (AvgIpc) is 3.12. The third-order valence-corrected chi connectivity index (χ3v) is 7.83. The molecule has 8 heteroatoms. The SMILES string of the molecule is CC1C=C(c2cc3c(Cl)ccc(NS(=O)(=O)c4ccc(C(C)(C)C)cc4)n3n2)C(C)CCN1. The summed E-state index contributed by atoms with van der Waals surface area (Å²) in [6.45, 7) is 11.5. The highest BCUT2D eigenvalue weighted by Crippen LogP contribution is 2.32. The molecule has 0 amide bonds. The van der Waals surface area contributed by atoms with E-state index in [2.05, 4.69) is 50.7 Å². The van der Waals surface area contributed by atoms with Gasteiger partial charge in [-0.25, -0.2) is 12.9 Å². The standard InChI is InChI=1S/C25H31ClN4O2S/c1-16-12-13-27-17(2)14-20(16)22-15-23-21(26)10-11-24(30(23)28-22)29-33(31,32)19-8-6-18(7-9-19)25(3,4)5/h6-11,14-17,27,29H,12-13H2,1-5H3. The predicted octanol–water partition coefficient (Wildman–Crippen LogP) is 5.49. The predicted molar refractivity (Wildman–Crippen MR) is 135 cm³/mol. The minimum Gasteiger partial charge on any atom is -0.311 e. The highest BCUT2D eigenvalue weighted by atomic mass is 35.5. The quantitative estimate of drug-likeness (QED) is 0.511. The number of hydrogen-bond acceptors (Lipinski definition) is 4. The molecule has 176 valence electrons. The number of nitrogens with zero attached hydrogens (tertiary/aromatic N) is 2. The average molecular weight is 487 g/mol. The van der Waals surface area contributed by atoms with Crippen molar-refractivity contribution < 1.29 is 8.42 Å². The van der Waals surface area contributed by atoms with Crippen LogP contribution in [-0.2, 0) is 15.4 Å². The molecular weight excluding hydrogens is 456 g/mol. The number of rotatable bonds is 4. The Labute approximate surface area is 201 Å². The molecule has 3 heterocycles. The second kappa shape index (κ2) is 8.78. The number of benzene rings is 1. The number of nitrogens with one attached hydrogen (secondary N) is 2. The summed E-state index contributed by atoms with van der Waals surface area (Å²) in [6.07, 6.45) is 3.19. The maximum Gasteiger partial charge on any atom is 0.263 e. The van der Waals surface area contributed by atoms with E-state index in [1.165, 1.54) is 0 Å². The molecule has 4 rings (SSSR count). The summed E-state index contributed by atoms with van der Waals surface area (Å²) >= 11 is 6.46. The number of sulfonamides is 1. The van der Waals surface area contributed by atoms with E-state index in [0.29, 0.717) is 22.3 Å². The molecule has 2 aromatic heterocycles. The molecule has 0 fully saturated rings. The van der Waals surface area contributed by atoms with Crippen LogP contribution in [0.5, 0.6) is 0 Å². The Balaban J connectivity index is 1.72. The number of hydrogen-bond donors (Lipinski definition) is 2. The van der Waals surface area contributed by atoms with E-state index < -0.39 is 10.0 Å². The van der Waals surface area contributed by atoms with Gasteiger partial charge in [-0.15, -0.1) is 0 Å². The Morgan fingerprint density at radius 3 is 2.48 bits per heavy atom. The topological polar surface area (TPSA) is 75.5 Å². The van der Waals surface area contributed by atoms with Crippen LogP contribution >= 0.6 is 11.6 Å². The molecule has 3 aromatic rings. The second-order valence-electron chi connectivity index (χ2n) is 9.83. The third kappa shape index (κ3) is 4.95. The van der Waals surface area contributed by atoms with Gasteiger partial charge in [-0.3, -0.25) is 4.72 Å². The summed E-state index contributed by atoms with van der Waals surface area (Å²) < 4.78 is 30.5. The van der Waals surface area contributed by atoms with E-state index in [9.17, 15) is 8.42 Å². The van der Waals surface area contributed by atoms with Crippen LogP contribution in [0.1, 0.15) is 52.3 Å². The summed E-state index contributed by atoms with van der Waals surface area (Å²) in [4.78, 5) is 0.200. The zero-order valence-corrected chi connectivity index (χ0v) is 21.3. The lowest BCUT2D eigenvalue weighted by molar-refractivity contribution is 0.581. The fourth-order valence-electron chi connectivity index (χ4n) is 4.11. The van der Waals surface area contributed by atoms with Crippen molar-refractivity contribution in [3.05, 3.63) is 64.8 Å². The molecule has 0 radical (unpaired) electrons. The normalized spacial score (nSPS) is 19.9. The van der Waals surface area contributed by atoms with Crippen LogP contribution < -0.4 is 10.0 Å². The van der Waals surface area contributed by atoms with E-state index in [1.807, 2.05) is 18.2 Å². The monoisotopic (exact) mass is 486 g/mol. The summed E-state index contributed by atoms with van der Waals surface area (Å²) in [5, 5.41) is 8.74. The molecule has 33 heavy (non-hydrogen) atoms. The molecule has 1 aliphatic rings. The van der Waals surface area contributed by atoms with Crippen LogP contribution in [0.4, 0.5) is 5.82 Å². The number of anilines is 1. The molecule has 2 atom stereocenters. The van der Waals surface area contributed by atoms with Crippen molar-refractivity contribution in [3.63, 3.8) is 0 Å². The first-order chi connectivity index (χ1) is 15.5. The van der Waals surface area contributed by atoms with Gasteiger partial charge < -0.3 is 5.32 Å².